The third-order valence-corrected chi connectivity index (χ3v) is 7.67. The quantitative estimate of drug-likeness (QED) is 0.391. The fraction of sp³-hybridized carbons (Fsp3) is 0.308. The second kappa shape index (κ2) is 10.0. The maximum Gasteiger partial charge on any atom is 0.196 e. The van der Waals surface area contributed by atoms with Crippen LogP contribution in [0.4, 0.5) is 11.5 Å². The van der Waals surface area contributed by atoms with Gasteiger partial charge in [0.2, 0.25) is 0 Å². The average Bonchev–Trinajstić information content (AvgIpc) is 3.57. The van der Waals surface area contributed by atoms with Crippen LogP contribution in [0, 0.1) is 0 Å². The lowest BCUT2D eigenvalue weighted by Gasteiger charge is -2.41. The van der Waals surface area contributed by atoms with Crippen molar-refractivity contribution in [2.45, 2.75) is 12.5 Å². The van der Waals surface area contributed by atoms with Gasteiger partial charge in [0, 0.05) is 38.8 Å². The van der Waals surface area contributed by atoms with Gasteiger partial charge in [0.05, 0.1) is 35.0 Å². The first-order chi connectivity index (χ1) is 17.7. The summed E-state index contributed by atoms with van der Waals surface area (Å²) < 4.78 is 8.39. The number of piperazine rings is 1. The number of rotatable bonds is 1. The molecule has 0 spiro atoms. The fourth-order valence-corrected chi connectivity index (χ4v) is 5.78. The Morgan fingerprint density at radius 1 is 1.06 bits per heavy atom. The first-order valence-electron chi connectivity index (χ1n) is 12.1. The van der Waals surface area contributed by atoms with E-state index in [4.69, 9.17) is 11.6 Å². The van der Waals surface area contributed by atoms with Crippen LogP contribution >= 0.6 is 23.3 Å². The Kier molecular flexibility index (Phi) is 6.43. The van der Waals surface area contributed by atoms with Gasteiger partial charge in [0.15, 0.2) is 5.96 Å². The highest BCUT2D eigenvalue weighted by Gasteiger charge is 2.32. The summed E-state index contributed by atoms with van der Waals surface area (Å²) >= 11 is 7.30. The Hall–Kier alpha value is -3.27. The van der Waals surface area contributed by atoms with Crippen molar-refractivity contribution in [3.63, 3.8) is 0 Å². The molecule has 1 atom stereocenters. The lowest BCUT2D eigenvalue weighted by Crippen LogP contribution is -2.47. The SMILES string of the molecule is CN1CCN2c3ncccc3Cc3ccccc3C2C1.Clc1ccc2nsnc2c1NC1=NCCN1. The number of aliphatic imine (C=N–C) groups is 1. The second-order valence-electron chi connectivity index (χ2n) is 9.17. The molecule has 5 heterocycles. The van der Waals surface area contributed by atoms with Crippen molar-refractivity contribution in [1.29, 1.82) is 0 Å². The van der Waals surface area contributed by atoms with E-state index in [2.05, 4.69) is 82.6 Å². The normalized spacial score (nSPS) is 18.7. The number of guanidine groups is 1. The summed E-state index contributed by atoms with van der Waals surface area (Å²) in [7, 11) is 2.21. The Labute approximate surface area is 219 Å². The molecule has 184 valence electrons. The van der Waals surface area contributed by atoms with Crippen molar-refractivity contribution in [2.24, 2.45) is 4.99 Å². The molecule has 0 aliphatic carbocycles. The number of benzene rings is 2. The lowest BCUT2D eigenvalue weighted by molar-refractivity contribution is 0.268. The summed E-state index contributed by atoms with van der Waals surface area (Å²) in [6.45, 7) is 4.87. The van der Waals surface area contributed by atoms with Gasteiger partial charge in [-0.3, -0.25) is 4.99 Å². The molecule has 3 aliphatic rings. The molecule has 0 amide bonds. The zero-order valence-electron chi connectivity index (χ0n) is 20.0. The van der Waals surface area contributed by atoms with Gasteiger partial charge in [-0.2, -0.15) is 8.75 Å². The number of aromatic nitrogens is 3. The summed E-state index contributed by atoms with van der Waals surface area (Å²) in [4.78, 5) is 13.9. The van der Waals surface area contributed by atoms with Crippen LogP contribution in [0.15, 0.2) is 59.7 Å². The van der Waals surface area contributed by atoms with E-state index < -0.39 is 0 Å². The molecule has 4 aromatic rings. The number of anilines is 2. The van der Waals surface area contributed by atoms with E-state index in [1.165, 1.54) is 34.2 Å². The number of halogens is 1. The number of fused-ring (bicyclic) bond motifs is 6. The van der Waals surface area contributed by atoms with Crippen LogP contribution in [0.2, 0.25) is 5.02 Å². The van der Waals surface area contributed by atoms with Gasteiger partial charge in [-0.05, 0) is 41.9 Å². The summed E-state index contributed by atoms with van der Waals surface area (Å²) in [6.07, 6.45) is 2.92. The molecule has 7 rings (SSSR count). The van der Waals surface area contributed by atoms with E-state index >= 15 is 0 Å². The van der Waals surface area contributed by atoms with Crippen LogP contribution in [0.1, 0.15) is 22.7 Å². The highest BCUT2D eigenvalue weighted by Crippen LogP contribution is 2.37. The Morgan fingerprint density at radius 3 is 2.83 bits per heavy atom. The van der Waals surface area contributed by atoms with Crippen LogP contribution in [0.5, 0.6) is 0 Å². The van der Waals surface area contributed by atoms with Crippen LogP contribution in [0.3, 0.4) is 0 Å². The van der Waals surface area contributed by atoms with Crippen molar-refractivity contribution in [2.75, 3.05) is 50.0 Å². The second-order valence-corrected chi connectivity index (χ2v) is 10.1. The molecule has 3 aliphatic heterocycles. The Balaban J connectivity index is 0.000000137. The molecule has 36 heavy (non-hydrogen) atoms. The minimum atomic E-state index is 0.432. The first kappa shape index (κ1) is 23.1. The molecule has 2 N–H and O–H groups in total. The number of hydrogen-bond donors (Lipinski definition) is 2. The maximum absolute atomic E-state index is 6.13. The van der Waals surface area contributed by atoms with E-state index in [0.717, 1.165) is 61.8 Å². The van der Waals surface area contributed by atoms with Crippen LogP contribution < -0.4 is 15.5 Å². The first-order valence-corrected chi connectivity index (χ1v) is 13.2. The molecule has 1 unspecified atom stereocenters. The Bertz CT molecular complexity index is 1420. The summed E-state index contributed by atoms with van der Waals surface area (Å²) in [5.74, 6) is 1.92. The molecule has 2 aromatic carbocycles. The number of hydrogen-bond acceptors (Lipinski definition) is 9. The standard InChI is InChI=1S/C17H19N3.C9H8ClN5S/c1-19-9-10-20-16(12-19)15-7-3-2-5-13(15)11-14-6-4-8-18-17(14)20;10-5-1-2-6-8(15-16-14-6)7(5)13-9-11-3-4-12-9/h2-8,16H,9-12H2,1H3;1-2H,3-4H2,(H2,11,12,13). The molecule has 1 saturated heterocycles. The summed E-state index contributed by atoms with van der Waals surface area (Å²) in [5, 5.41) is 6.90. The van der Waals surface area contributed by atoms with Crippen LogP contribution in [-0.2, 0) is 6.42 Å². The minimum absolute atomic E-state index is 0.432. The van der Waals surface area contributed by atoms with Gasteiger partial charge in [-0.1, -0.05) is 41.9 Å². The highest BCUT2D eigenvalue weighted by molar-refractivity contribution is 7.00. The van der Waals surface area contributed by atoms with Crippen molar-refractivity contribution >= 4 is 51.8 Å². The maximum atomic E-state index is 6.13. The largest absolute Gasteiger partial charge is 0.354 e. The molecule has 0 radical (unpaired) electrons. The minimum Gasteiger partial charge on any atom is -0.354 e. The van der Waals surface area contributed by atoms with Crippen LogP contribution in [-0.4, -0.2) is 64.4 Å². The van der Waals surface area contributed by atoms with Gasteiger partial charge < -0.3 is 20.4 Å². The van der Waals surface area contributed by atoms with Crippen molar-refractivity contribution in [3.8, 4) is 0 Å². The third kappa shape index (κ3) is 4.50. The number of nitrogens with one attached hydrogen (secondary N) is 2. The average molecular weight is 519 g/mol. The van der Waals surface area contributed by atoms with Crippen molar-refractivity contribution in [1.82, 2.24) is 23.9 Å². The smallest absolute Gasteiger partial charge is 0.196 e. The van der Waals surface area contributed by atoms with Crippen molar-refractivity contribution in [3.05, 3.63) is 76.4 Å². The topological polar surface area (TPSA) is 81.6 Å². The number of likely N-dealkylation sites (N-methyl/N-ethyl adjacent to an activating group) is 1. The van der Waals surface area contributed by atoms with E-state index in [1.807, 2.05) is 18.3 Å². The predicted octanol–water partition coefficient (Wildman–Crippen LogP) is 4.19. The number of pyridine rings is 1. The zero-order chi connectivity index (χ0) is 24.5. The zero-order valence-corrected chi connectivity index (χ0v) is 21.6. The molecule has 1 fully saturated rings. The van der Waals surface area contributed by atoms with E-state index in [-0.39, 0.29) is 0 Å². The van der Waals surface area contributed by atoms with E-state index in [9.17, 15) is 0 Å². The van der Waals surface area contributed by atoms with E-state index in [0.29, 0.717) is 11.1 Å². The van der Waals surface area contributed by atoms with Crippen LogP contribution in [0.25, 0.3) is 11.0 Å². The summed E-state index contributed by atoms with van der Waals surface area (Å²) in [6, 6.07) is 17.2. The molecule has 2 aromatic heterocycles. The monoisotopic (exact) mass is 518 g/mol. The van der Waals surface area contributed by atoms with Crippen molar-refractivity contribution < 1.29 is 0 Å². The molecule has 10 heteroatoms. The fourth-order valence-electron chi connectivity index (χ4n) is 5.04. The summed E-state index contributed by atoms with van der Waals surface area (Å²) in [5.41, 5.74) is 6.67. The molecule has 8 nitrogen and oxygen atoms in total. The van der Waals surface area contributed by atoms with Gasteiger partial charge in [0.25, 0.3) is 0 Å². The Morgan fingerprint density at radius 2 is 1.94 bits per heavy atom. The van der Waals surface area contributed by atoms with Gasteiger partial charge in [-0.15, -0.1) is 0 Å². The predicted molar refractivity (Wildman–Crippen MR) is 147 cm³/mol. The number of nitrogens with zero attached hydrogens (tertiary/aromatic N) is 6. The molecular weight excluding hydrogens is 492 g/mol. The molecule has 0 saturated carbocycles. The highest BCUT2D eigenvalue weighted by atomic mass is 35.5. The molecule has 0 bridgehead atoms. The van der Waals surface area contributed by atoms with Gasteiger partial charge in [0.1, 0.15) is 16.9 Å². The van der Waals surface area contributed by atoms with Gasteiger partial charge >= 0.3 is 0 Å². The molecular formula is C26H27ClN8S. The third-order valence-electron chi connectivity index (χ3n) is 6.81. The van der Waals surface area contributed by atoms with E-state index in [1.54, 1.807) is 0 Å². The van der Waals surface area contributed by atoms with Gasteiger partial charge in [-0.25, -0.2) is 4.98 Å². The lowest BCUT2D eigenvalue weighted by atomic mass is 9.96.